The lowest BCUT2D eigenvalue weighted by Gasteiger charge is -2.27. The second-order valence-electron chi connectivity index (χ2n) is 9.36. The van der Waals surface area contributed by atoms with Crippen LogP contribution in [0.1, 0.15) is 66.0 Å². The first-order valence-corrected chi connectivity index (χ1v) is 10.4. The molecule has 0 bridgehead atoms. The molecule has 0 saturated heterocycles. The van der Waals surface area contributed by atoms with Crippen molar-refractivity contribution in [3.05, 3.63) is 53.6 Å². The van der Waals surface area contributed by atoms with Gasteiger partial charge < -0.3 is 14.8 Å². The predicted molar refractivity (Wildman–Crippen MR) is 120 cm³/mol. The highest BCUT2D eigenvalue weighted by atomic mass is 16.5. The molecule has 0 aliphatic rings. The molecule has 0 radical (unpaired) electrons. The summed E-state index contributed by atoms with van der Waals surface area (Å²) in [5, 5.41) is 3.41. The van der Waals surface area contributed by atoms with E-state index in [1.54, 1.807) is 0 Å². The number of benzene rings is 2. The van der Waals surface area contributed by atoms with Crippen LogP contribution in [0, 0.1) is 0 Å². The van der Waals surface area contributed by atoms with Crippen LogP contribution >= 0.6 is 0 Å². The normalized spacial score (nSPS) is 12.0. The van der Waals surface area contributed by atoms with Crippen LogP contribution in [0.3, 0.4) is 0 Å². The number of rotatable bonds is 8. The van der Waals surface area contributed by atoms with Crippen molar-refractivity contribution in [2.45, 2.75) is 65.7 Å². The summed E-state index contributed by atoms with van der Waals surface area (Å²) in [6.45, 7) is 17.7. The molecule has 0 aliphatic heterocycles. The van der Waals surface area contributed by atoms with Gasteiger partial charge >= 0.3 is 0 Å². The molecule has 0 amide bonds. The molecule has 0 aromatic heterocycles. The summed E-state index contributed by atoms with van der Waals surface area (Å²) in [5.41, 5.74) is 3.85. The quantitative estimate of drug-likeness (QED) is 0.524. The van der Waals surface area contributed by atoms with Gasteiger partial charge in [-0.05, 0) is 58.7 Å². The van der Waals surface area contributed by atoms with Crippen LogP contribution in [0.15, 0.2) is 42.5 Å². The fourth-order valence-corrected chi connectivity index (χ4v) is 2.95. The average molecular weight is 384 g/mol. The Balaban J connectivity index is 1.95. The van der Waals surface area contributed by atoms with Crippen molar-refractivity contribution in [1.29, 1.82) is 0 Å². The van der Waals surface area contributed by atoms with Gasteiger partial charge in [0.25, 0.3) is 0 Å². The van der Waals surface area contributed by atoms with Crippen LogP contribution in [0.25, 0.3) is 0 Å². The van der Waals surface area contributed by atoms with Crippen LogP contribution in [0.2, 0.25) is 0 Å². The largest absolute Gasteiger partial charge is 0.494 e. The van der Waals surface area contributed by atoms with Crippen molar-refractivity contribution in [3.8, 4) is 11.5 Å². The Hall–Kier alpha value is -2.16. The van der Waals surface area contributed by atoms with Crippen LogP contribution in [0.5, 0.6) is 11.5 Å². The van der Waals surface area contributed by atoms with Crippen molar-refractivity contribution < 1.29 is 9.47 Å². The minimum atomic E-state index is 0.0400. The highest BCUT2D eigenvalue weighted by molar-refractivity contribution is 5.46. The Bertz CT molecular complexity index is 737. The standard InChI is InChI=1S/C25H37NO2/c1-8-16-27-21-12-10-20(11-13-21)26-15-17-28-23-14-9-19(24(2,3)4)18-22(23)25(5,6)7/h9-14,18,26H,8,15-17H2,1-7H3. The van der Waals surface area contributed by atoms with E-state index in [1.165, 1.54) is 11.1 Å². The fraction of sp³-hybridized carbons (Fsp3) is 0.520. The molecular formula is C25H37NO2. The monoisotopic (exact) mass is 383 g/mol. The molecule has 0 atom stereocenters. The van der Waals surface area contributed by atoms with Crippen molar-refractivity contribution >= 4 is 5.69 Å². The summed E-state index contributed by atoms with van der Waals surface area (Å²) in [6.07, 6.45) is 1.02. The Morgan fingerprint density at radius 1 is 0.786 bits per heavy atom. The van der Waals surface area contributed by atoms with E-state index in [1.807, 2.05) is 24.3 Å². The lowest BCUT2D eigenvalue weighted by Crippen LogP contribution is -2.19. The third kappa shape index (κ3) is 6.47. The Morgan fingerprint density at radius 3 is 2.04 bits per heavy atom. The lowest BCUT2D eigenvalue weighted by atomic mass is 9.80. The SMILES string of the molecule is CCCOc1ccc(NCCOc2ccc(C(C)(C)C)cc2C(C)(C)C)cc1. The molecule has 3 nitrogen and oxygen atoms in total. The molecule has 0 aliphatic carbocycles. The summed E-state index contributed by atoms with van der Waals surface area (Å²) in [4.78, 5) is 0. The predicted octanol–water partition coefficient (Wildman–Crippen LogP) is 6.56. The highest BCUT2D eigenvalue weighted by Crippen LogP contribution is 2.35. The lowest BCUT2D eigenvalue weighted by molar-refractivity contribution is 0.317. The first-order chi connectivity index (χ1) is 13.1. The number of nitrogens with one attached hydrogen (secondary N) is 1. The van der Waals surface area contributed by atoms with Gasteiger partial charge in [-0.1, -0.05) is 60.6 Å². The summed E-state index contributed by atoms with van der Waals surface area (Å²) in [5.74, 6) is 1.89. The Kier molecular flexibility index (Phi) is 7.40. The topological polar surface area (TPSA) is 30.5 Å². The number of anilines is 1. The van der Waals surface area contributed by atoms with E-state index in [4.69, 9.17) is 9.47 Å². The van der Waals surface area contributed by atoms with Gasteiger partial charge in [-0.2, -0.15) is 0 Å². The van der Waals surface area contributed by atoms with Gasteiger partial charge in [-0.25, -0.2) is 0 Å². The van der Waals surface area contributed by atoms with Crippen LogP contribution in [0.4, 0.5) is 5.69 Å². The second kappa shape index (κ2) is 9.36. The maximum Gasteiger partial charge on any atom is 0.123 e. The zero-order chi connectivity index (χ0) is 20.8. The molecule has 0 heterocycles. The van der Waals surface area contributed by atoms with E-state index in [0.717, 1.165) is 36.8 Å². The average Bonchev–Trinajstić information content (AvgIpc) is 2.63. The first kappa shape index (κ1) is 22.1. The molecule has 1 N–H and O–H groups in total. The third-order valence-electron chi connectivity index (χ3n) is 4.67. The zero-order valence-electron chi connectivity index (χ0n) is 18.7. The van der Waals surface area contributed by atoms with Crippen molar-refractivity contribution in [1.82, 2.24) is 0 Å². The first-order valence-electron chi connectivity index (χ1n) is 10.4. The highest BCUT2D eigenvalue weighted by Gasteiger charge is 2.23. The number of ether oxygens (including phenoxy) is 2. The Labute approximate surface area is 171 Å². The molecule has 0 spiro atoms. The second-order valence-corrected chi connectivity index (χ2v) is 9.36. The molecule has 0 unspecified atom stereocenters. The fourth-order valence-electron chi connectivity index (χ4n) is 2.95. The summed E-state index contributed by atoms with van der Waals surface area (Å²) in [6, 6.07) is 14.7. The summed E-state index contributed by atoms with van der Waals surface area (Å²) >= 11 is 0. The molecule has 3 heteroatoms. The van der Waals surface area contributed by atoms with Gasteiger partial charge in [-0.3, -0.25) is 0 Å². The van der Waals surface area contributed by atoms with E-state index in [2.05, 4.69) is 72.0 Å². The Morgan fingerprint density at radius 2 is 1.46 bits per heavy atom. The van der Waals surface area contributed by atoms with Gasteiger partial charge in [0.05, 0.1) is 6.61 Å². The summed E-state index contributed by atoms with van der Waals surface area (Å²) < 4.78 is 11.8. The molecule has 2 rings (SSSR count). The molecule has 28 heavy (non-hydrogen) atoms. The molecular weight excluding hydrogens is 346 g/mol. The minimum absolute atomic E-state index is 0.0400. The molecule has 0 fully saturated rings. The third-order valence-corrected chi connectivity index (χ3v) is 4.67. The van der Waals surface area contributed by atoms with Crippen molar-refractivity contribution in [2.24, 2.45) is 0 Å². The van der Waals surface area contributed by atoms with Gasteiger partial charge in [-0.15, -0.1) is 0 Å². The van der Waals surface area contributed by atoms with Crippen molar-refractivity contribution in [3.63, 3.8) is 0 Å². The van der Waals surface area contributed by atoms with Gasteiger partial charge in [0.2, 0.25) is 0 Å². The zero-order valence-corrected chi connectivity index (χ0v) is 18.7. The maximum atomic E-state index is 6.14. The van der Waals surface area contributed by atoms with Gasteiger partial charge in [0, 0.05) is 12.2 Å². The van der Waals surface area contributed by atoms with Crippen molar-refractivity contribution in [2.75, 3.05) is 25.1 Å². The number of hydrogen-bond acceptors (Lipinski definition) is 3. The van der Waals surface area contributed by atoms with Crippen LogP contribution < -0.4 is 14.8 Å². The maximum absolute atomic E-state index is 6.14. The van der Waals surface area contributed by atoms with Gasteiger partial charge in [0.1, 0.15) is 18.1 Å². The van der Waals surface area contributed by atoms with E-state index in [0.29, 0.717) is 6.61 Å². The number of hydrogen-bond donors (Lipinski definition) is 1. The molecule has 154 valence electrons. The summed E-state index contributed by atoms with van der Waals surface area (Å²) in [7, 11) is 0. The van der Waals surface area contributed by atoms with Gasteiger partial charge in [0.15, 0.2) is 0 Å². The molecule has 0 saturated carbocycles. The smallest absolute Gasteiger partial charge is 0.123 e. The van der Waals surface area contributed by atoms with Crippen LogP contribution in [-0.4, -0.2) is 19.8 Å². The van der Waals surface area contributed by atoms with E-state index >= 15 is 0 Å². The minimum Gasteiger partial charge on any atom is -0.494 e. The molecule has 2 aromatic carbocycles. The van der Waals surface area contributed by atoms with E-state index < -0.39 is 0 Å². The van der Waals surface area contributed by atoms with Crippen LogP contribution in [-0.2, 0) is 10.8 Å². The molecule has 2 aromatic rings. The van der Waals surface area contributed by atoms with E-state index in [9.17, 15) is 0 Å². The van der Waals surface area contributed by atoms with E-state index in [-0.39, 0.29) is 10.8 Å².